The average molecular weight is 421 g/mol. The highest BCUT2D eigenvalue weighted by atomic mass is 32.2. The minimum atomic E-state index is -4.62. The molecule has 29 heavy (non-hydrogen) atoms. The number of thioether (sulfide) groups is 1. The van der Waals surface area contributed by atoms with E-state index < -0.39 is 17.3 Å². The van der Waals surface area contributed by atoms with Gasteiger partial charge in [0.2, 0.25) is 5.82 Å². The third-order valence-electron chi connectivity index (χ3n) is 7.04. The Morgan fingerprint density at radius 2 is 1.66 bits per heavy atom. The van der Waals surface area contributed by atoms with Crippen LogP contribution in [0.2, 0.25) is 0 Å². The lowest BCUT2D eigenvalue weighted by molar-refractivity contribution is -0.145. The second-order valence-electron chi connectivity index (χ2n) is 9.19. The zero-order valence-electron chi connectivity index (χ0n) is 16.2. The Bertz CT molecular complexity index is 939. The molecule has 1 aromatic heterocycles. The van der Waals surface area contributed by atoms with Gasteiger partial charge in [0.25, 0.3) is 0 Å². The van der Waals surface area contributed by atoms with Gasteiger partial charge in [0, 0.05) is 10.8 Å². The molecule has 4 fully saturated rings. The molecule has 0 saturated heterocycles. The molecule has 1 atom stereocenters. The number of alkyl halides is 3. The van der Waals surface area contributed by atoms with E-state index in [9.17, 15) is 18.0 Å². The fraction of sp³-hybridized carbons (Fsp3) is 0.591. The predicted octanol–water partition coefficient (Wildman–Crippen LogP) is 5.91. The van der Waals surface area contributed by atoms with Crippen molar-refractivity contribution in [2.45, 2.75) is 61.9 Å². The summed E-state index contributed by atoms with van der Waals surface area (Å²) in [6.07, 6.45) is 2.01. The summed E-state index contributed by atoms with van der Waals surface area (Å²) in [7, 11) is 0. The van der Waals surface area contributed by atoms with E-state index in [0.717, 1.165) is 31.0 Å². The van der Waals surface area contributed by atoms with E-state index in [4.69, 9.17) is 0 Å². The predicted molar refractivity (Wildman–Crippen MR) is 105 cm³/mol. The molecule has 1 unspecified atom stereocenters. The Kier molecular flexibility index (Phi) is 4.46. The molecule has 7 heteroatoms. The number of carbonyl (C=O) groups is 1. The van der Waals surface area contributed by atoms with Crippen molar-refractivity contribution < 1.29 is 18.0 Å². The molecule has 1 aromatic carbocycles. The molecule has 3 nitrogen and oxygen atoms in total. The molecule has 0 N–H and O–H groups in total. The van der Waals surface area contributed by atoms with E-state index in [0.29, 0.717) is 23.1 Å². The minimum absolute atomic E-state index is 0.206. The molecule has 0 spiro atoms. The van der Waals surface area contributed by atoms with Crippen LogP contribution in [0.4, 0.5) is 13.2 Å². The monoisotopic (exact) mass is 420 g/mol. The fourth-order valence-corrected chi connectivity index (χ4v) is 7.46. The SMILES string of the molecule is CC(Sc1nc(C(F)(F)F)nc2ccccc12)C(=O)C12CC3CC(CC(C3)C1)C2. The van der Waals surface area contributed by atoms with Gasteiger partial charge in [-0.1, -0.05) is 30.0 Å². The van der Waals surface area contributed by atoms with Crippen LogP contribution in [-0.4, -0.2) is 21.0 Å². The van der Waals surface area contributed by atoms with Gasteiger partial charge < -0.3 is 0 Å². The molecular formula is C22H23F3N2OS. The van der Waals surface area contributed by atoms with Gasteiger partial charge in [-0.05, 0) is 69.3 Å². The van der Waals surface area contributed by atoms with Crippen LogP contribution in [0.1, 0.15) is 51.3 Å². The van der Waals surface area contributed by atoms with Crippen molar-refractivity contribution in [2.24, 2.45) is 23.2 Å². The van der Waals surface area contributed by atoms with Crippen LogP contribution in [0.15, 0.2) is 29.3 Å². The second kappa shape index (κ2) is 6.69. The van der Waals surface area contributed by atoms with Crippen molar-refractivity contribution in [2.75, 3.05) is 0 Å². The fourth-order valence-electron chi connectivity index (χ4n) is 6.33. The first kappa shape index (κ1) is 19.3. The number of carbonyl (C=O) groups excluding carboxylic acids is 1. The van der Waals surface area contributed by atoms with Gasteiger partial charge >= 0.3 is 6.18 Å². The number of ketones is 1. The van der Waals surface area contributed by atoms with Gasteiger partial charge in [-0.3, -0.25) is 4.79 Å². The van der Waals surface area contributed by atoms with Crippen LogP contribution in [0.3, 0.4) is 0 Å². The summed E-state index contributed by atoms with van der Waals surface area (Å²) in [5, 5.41) is 0.384. The van der Waals surface area contributed by atoms with Crippen LogP contribution in [0, 0.1) is 23.2 Å². The quantitative estimate of drug-likeness (QED) is 0.455. The van der Waals surface area contributed by atoms with Gasteiger partial charge in [0.1, 0.15) is 5.03 Å². The van der Waals surface area contributed by atoms with E-state index in [1.165, 1.54) is 19.3 Å². The number of benzene rings is 1. The summed E-state index contributed by atoms with van der Waals surface area (Å²) < 4.78 is 39.9. The van der Waals surface area contributed by atoms with Crippen LogP contribution in [-0.2, 0) is 11.0 Å². The highest BCUT2D eigenvalue weighted by Crippen LogP contribution is 2.61. The first-order valence-electron chi connectivity index (χ1n) is 10.3. The van der Waals surface area contributed by atoms with Crippen molar-refractivity contribution in [3.8, 4) is 0 Å². The topological polar surface area (TPSA) is 42.9 Å². The summed E-state index contributed by atoms with van der Waals surface area (Å²) >= 11 is 1.16. The molecule has 1 heterocycles. The number of rotatable bonds is 4. The van der Waals surface area contributed by atoms with Gasteiger partial charge in [-0.2, -0.15) is 13.2 Å². The molecule has 0 amide bonds. The number of fused-ring (bicyclic) bond motifs is 1. The summed E-state index contributed by atoms with van der Waals surface area (Å²) in [4.78, 5) is 21.0. The molecule has 2 aromatic rings. The number of hydrogen-bond acceptors (Lipinski definition) is 4. The van der Waals surface area contributed by atoms with E-state index in [1.54, 1.807) is 24.3 Å². The van der Waals surface area contributed by atoms with Crippen molar-refractivity contribution in [3.63, 3.8) is 0 Å². The summed E-state index contributed by atoms with van der Waals surface area (Å²) in [5.74, 6) is 1.02. The van der Waals surface area contributed by atoms with E-state index >= 15 is 0 Å². The molecule has 4 bridgehead atoms. The molecule has 0 aliphatic heterocycles. The highest BCUT2D eigenvalue weighted by Gasteiger charge is 2.55. The standard InChI is InChI=1S/C22H23F3N2OS/c1-12(18(28)21-9-13-6-14(10-21)8-15(7-13)11-21)29-19-16-4-2-3-5-17(16)26-20(27-19)22(23,24)25/h2-5,12-15H,6-11H2,1H3. The summed E-state index contributed by atoms with van der Waals surface area (Å²) in [6, 6.07) is 6.70. The zero-order valence-corrected chi connectivity index (χ0v) is 17.0. The first-order valence-corrected chi connectivity index (χ1v) is 11.2. The number of aromatic nitrogens is 2. The van der Waals surface area contributed by atoms with E-state index in [2.05, 4.69) is 9.97 Å². The normalized spacial score (nSPS) is 31.9. The van der Waals surface area contributed by atoms with Crippen LogP contribution >= 0.6 is 11.8 Å². The Hall–Kier alpha value is -1.63. The lowest BCUT2D eigenvalue weighted by Crippen LogP contribution is -2.51. The Morgan fingerprint density at radius 3 is 2.24 bits per heavy atom. The number of para-hydroxylation sites is 1. The maximum atomic E-state index is 13.5. The Balaban J connectivity index is 1.45. The molecule has 0 radical (unpaired) electrons. The summed E-state index contributed by atoms with van der Waals surface area (Å²) in [6.45, 7) is 1.83. The van der Waals surface area contributed by atoms with E-state index in [-0.39, 0.29) is 21.7 Å². The number of halogens is 3. The highest BCUT2D eigenvalue weighted by molar-refractivity contribution is 8.00. The zero-order chi connectivity index (χ0) is 20.4. The average Bonchev–Trinajstić information content (AvgIpc) is 2.65. The molecule has 154 valence electrons. The lowest BCUT2D eigenvalue weighted by Gasteiger charge is -2.56. The third kappa shape index (κ3) is 3.35. The second-order valence-corrected chi connectivity index (χ2v) is 10.5. The van der Waals surface area contributed by atoms with Gasteiger partial charge in [-0.25, -0.2) is 9.97 Å². The van der Waals surface area contributed by atoms with Gasteiger partial charge in [0.05, 0.1) is 10.8 Å². The van der Waals surface area contributed by atoms with E-state index in [1.807, 2.05) is 6.92 Å². The largest absolute Gasteiger partial charge is 0.451 e. The van der Waals surface area contributed by atoms with Crippen LogP contribution in [0.5, 0.6) is 0 Å². The van der Waals surface area contributed by atoms with Crippen molar-refractivity contribution in [3.05, 3.63) is 30.1 Å². The Labute approximate surface area is 171 Å². The smallest absolute Gasteiger partial charge is 0.298 e. The Morgan fingerprint density at radius 1 is 1.07 bits per heavy atom. The third-order valence-corrected chi connectivity index (χ3v) is 8.14. The molecule has 4 saturated carbocycles. The number of Topliss-reactive ketones (excluding diaryl/α,β-unsaturated/α-hetero) is 1. The molecular weight excluding hydrogens is 397 g/mol. The van der Waals surface area contributed by atoms with Crippen molar-refractivity contribution in [1.29, 1.82) is 0 Å². The molecule has 6 rings (SSSR count). The maximum Gasteiger partial charge on any atom is 0.451 e. The van der Waals surface area contributed by atoms with Gasteiger partial charge in [-0.15, -0.1) is 0 Å². The van der Waals surface area contributed by atoms with Crippen LogP contribution in [0.25, 0.3) is 10.9 Å². The minimum Gasteiger partial charge on any atom is -0.298 e. The maximum absolute atomic E-state index is 13.5. The van der Waals surface area contributed by atoms with Gasteiger partial charge in [0.15, 0.2) is 5.78 Å². The van der Waals surface area contributed by atoms with Crippen molar-refractivity contribution >= 4 is 28.4 Å². The lowest BCUT2D eigenvalue weighted by atomic mass is 9.48. The number of nitrogens with zero attached hydrogens (tertiary/aromatic N) is 2. The first-order chi connectivity index (χ1) is 13.7. The molecule has 4 aliphatic rings. The number of hydrogen-bond donors (Lipinski definition) is 0. The summed E-state index contributed by atoms with van der Waals surface area (Å²) in [5.41, 5.74) is -0.0107. The van der Waals surface area contributed by atoms with Crippen LogP contribution < -0.4 is 0 Å². The van der Waals surface area contributed by atoms with Crippen molar-refractivity contribution in [1.82, 2.24) is 9.97 Å². The molecule has 4 aliphatic carbocycles.